The van der Waals surface area contributed by atoms with Crippen molar-refractivity contribution >= 4 is 0 Å². The maximum Gasteiger partial charge on any atom is 0.0740 e. The highest BCUT2D eigenvalue weighted by molar-refractivity contribution is 5.04. The average Bonchev–Trinajstić information content (AvgIpc) is 2.55. The molecule has 0 aromatic rings. The molecular formula is C11H17NO. The summed E-state index contributed by atoms with van der Waals surface area (Å²) in [5.41, 5.74) is 0. The highest BCUT2D eigenvalue weighted by atomic mass is 16.5. The van der Waals surface area contributed by atoms with E-state index < -0.39 is 0 Å². The summed E-state index contributed by atoms with van der Waals surface area (Å²) in [4.78, 5) is 0. The van der Waals surface area contributed by atoms with Crippen molar-refractivity contribution in [2.75, 3.05) is 13.2 Å². The Labute approximate surface area is 80.0 Å². The molecule has 2 rings (SSSR count). The van der Waals surface area contributed by atoms with Gasteiger partial charge in [-0.2, -0.15) is 0 Å². The Morgan fingerprint density at radius 2 is 2.23 bits per heavy atom. The van der Waals surface area contributed by atoms with Crippen molar-refractivity contribution in [1.82, 2.24) is 5.32 Å². The zero-order valence-electron chi connectivity index (χ0n) is 7.96. The molecule has 0 radical (unpaired) electrons. The Balaban J connectivity index is 1.81. The third kappa shape index (κ3) is 2.04. The summed E-state index contributed by atoms with van der Waals surface area (Å²) < 4.78 is 5.34. The molecule has 1 heterocycles. The van der Waals surface area contributed by atoms with Crippen molar-refractivity contribution in [3.8, 4) is 12.3 Å². The summed E-state index contributed by atoms with van der Waals surface area (Å²) >= 11 is 0. The molecule has 1 N–H and O–H groups in total. The smallest absolute Gasteiger partial charge is 0.0740 e. The van der Waals surface area contributed by atoms with Crippen LogP contribution in [-0.4, -0.2) is 25.3 Å². The fourth-order valence-electron chi connectivity index (χ4n) is 1.96. The SMILES string of the molecule is C#CC(NC1CCC1)C1CCOC1. The van der Waals surface area contributed by atoms with Gasteiger partial charge in [0.15, 0.2) is 0 Å². The van der Waals surface area contributed by atoms with E-state index >= 15 is 0 Å². The van der Waals surface area contributed by atoms with Crippen molar-refractivity contribution in [1.29, 1.82) is 0 Å². The zero-order chi connectivity index (χ0) is 9.10. The average molecular weight is 179 g/mol. The normalized spacial score (nSPS) is 30.8. The number of nitrogens with one attached hydrogen (secondary N) is 1. The molecule has 1 saturated heterocycles. The summed E-state index contributed by atoms with van der Waals surface area (Å²) in [5, 5.41) is 3.53. The highest BCUT2D eigenvalue weighted by Crippen LogP contribution is 2.22. The molecule has 2 unspecified atom stereocenters. The third-order valence-electron chi connectivity index (χ3n) is 3.14. The topological polar surface area (TPSA) is 21.3 Å². The lowest BCUT2D eigenvalue weighted by Gasteiger charge is -2.31. The Kier molecular flexibility index (Phi) is 2.87. The highest BCUT2D eigenvalue weighted by Gasteiger charge is 2.27. The molecule has 0 spiro atoms. The van der Waals surface area contributed by atoms with Crippen LogP contribution in [-0.2, 0) is 4.74 Å². The molecule has 2 atom stereocenters. The number of rotatable bonds is 3. The van der Waals surface area contributed by atoms with Gasteiger partial charge in [-0.25, -0.2) is 0 Å². The summed E-state index contributed by atoms with van der Waals surface area (Å²) in [7, 11) is 0. The van der Waals surface area contributed by atoms with Crippen LogP contribution >= 0.6 is 0 Å². The molecule has 1 aliphatic heterocycles. The van der Waals surface area contributed by atoms with E-state index in [-0.39, 0.29) is 6.04 Å². The minimum absolute atomic E-state index is 0.243. The molecule has 2 heteroatoms. The first-order valence-corrected chi connectivity index (χ1v) is 5.20. The van der Waals surface area contributed by atoms with Gasteiger partial charge in [-0.3, -0.25) is 0 Å². The molecule has 0 aromatic carbocycles. The Hall–Kier alpha value is -0.520. The largest absolute Gasteiger partial charge is 0.381 e. The van der Waals surface area contributed by atoms with Crippen LogP contribution < -0.4 is 5.32 Å². The van der Waals surface area contributed by atoms with Gasteiger partial charge in [0.2, 0.25) is 0 Å². The maximum atomic E-state index is 5.51. The van der Waals surface area contributed by atoms with Gasteiger partial charge in [0.1, 0.15) is 0 Å². The van der Waals surface area contributed by atoms with Crippen molar-refractivity contribution < 1.29 is 4.74 Å². The molecule has 1 aliphatic carbocycles. The van der Waals surface area contributed by atoms with E-state index in [4.69, 9.17) is 11.2 Å². The lowest BCUT2D eigenvalue weighted by Crippen LogP contribution is -2.45. The lowest BCUT2D eigenvalue weighted by molar-refractivity contribution is 0.177. The van der Waals surface area contributed by atoms with E-state index in [1.54, 1.807) is 0 Å². The predicted molar refractivity (Wildman–Crippen MR) is 52.3 cm³/mol. The van der Waals surface area contributed by atoms with Gasteiger partial charge in [-0.1, -0.05) is 12.3 Å². The van der Waals surface area contributed by atoms with E-state index in [2.05, 4.69) is 11.2 Å². The first-order valence-electron chi connectivity index (χ1n) is 5.20. The molecule has 72 valence electrons. The maximum absolute atomic E-state index is 5.51. The summed E-state index contributed by atoms with van der Waals surface area (Å²) in [6.45, 7) is 1.73. The van der Waals surface area contributed by atoms with Gasteiger partial charge in [0.05, 0.1) is 12.6 Å². The first kappa shape index (κ1) is 9.05. The molecule has 2 aliphatic rings. The van der Waals surface area contributed by atoms with Crippen molar-refractivity contribution in [3.05, 3.63) is 0 Å². The van der Waals surface area contributed by atoms with Crippen LogP contribution in [0.5, 0.6) is 0 Å². The standard InChI is InChI=1S/C11H17NO/c1-2-11(9-6-7-13-8-9)12-10-4-3-5-10/h1,9-12H,3-8H2. The Morgan fingerprint density at radius 1 is 1.38 bits per heavy atom. The second-order valence-corrected chi connectivity index (χ2v) is 4.06. The summed E-state index contributed by atoms with van der Waals surface area (Å²) in [6.07, 6.45) is 10.6. The van der Waals surface area contributed by atoms with Crippen LogP contribution in [0.15, 0.2) is 0 Å². The van der Waals surface area contributed by atoms with Crippen LogP contribution in [0.2, 0.25) is 0 Å². The van der Waals surface area contributed by atoms with E-state index in [1.165, 1.54) is 19.3 Å². The van der Waals surface area contributed by atoms with Crippen LogP contribution in [0.25, 0.3) is 0 Å². The molecule has 2 nitrogen and oxygen atoms in total. The molecule has 0 bridgehead atoms. The minimum atomic E-state index is 0.243. The van der Waals surface area contributed by atoms with Gasteiger partial charge in [0, 0.05) is 18.6 Å². The molecular weight excluding hydrogens is 162 g/mol. The monoisotopic (exact) mass is 179 g/mol. The summed E-state index contributed by atoms with van der Waals surface area (Å²) in [5.74, 6) is 3.40. The van der Waals surface area contributed by atoms with E-state index in [0.29, 0.717) is 12.0 Å². The number of hydrogen-bond donors (Lipinski definition) is 1. The van der Waals surface area contributed by atoms with E-state index in [9.17, 15) is 0 Å². The van der Waals surface area contributed by atoms with Crippen LogP contribution in [0.1, 0.15) is 25.7 Å². The van der Waals surface area contributed by atoms with Gasteiger partial charge in [-0.15, -0.1) is 6.42 Å². The number of hydrogen-bond acceptors (Lipinski definition) is 2. The zero-order valence-corrected chi connectivity index (χ0v) is 7.96. The molecule has 2 fully saturated rings. The van der Waals surface area contributed by atoms with Crippen molar-refractivity contribution in [3.63, 3.8) is 0 Å². The minimum Gasteiger partial charge on any atom is -0.381 e. The fourth-order valence-corrected chi connectivity index (χ4v) is 1.96. The second-order valence-electron chi connectivity index (χ2n) is 4.06. The quantitative estimate of drug-likeness (QED) is 0.657. The number of terminal acetylenes is 1. The number of ether oxygens (including phenoxy) is 1. The molecule has 1 saturated carbocycles. The van der Waals surface area contributed by atoms with E-state index in [1.807, 2.05) is 0 Å². The fraction of sp³-hybridized carbons (Fsp3) is 0.818. The Bertz CT molecular complexity index is 199. The van der Waals surface area contributed by atoms with Gasteiger partial charge in [0.25, 0.3) is 0 Å². The van der Waals surface area contributed by atoms with Crippen LogP contribution in [0.3, 0.4) is 0 Å². The first-order chi connectivity index (χ1) is 6.40. The summed E-state index contributed by atoms with van der Waals surface area (Å²) in [6, 6.07) is 0.925. The van der Waals surface area contributed by atoms with Gasteiger partial charge >= 0.3 is 0 Å². The molecule has 13 heavy (non-hydrogen) atoms. The van der Waals surface area contributed by atoms with E-state index in [0.717, 1.165) is 19.6 Å². The van der Waals surface area contributed by atoms with Gasteiger partial charge < -0.3 is 10.1 Å². The van der Waals surface area contributed by atoms with Crippen molar-refractivity contribution in [2.45, 2.75) is 37.8 Å². The van der Waals surface area contributed by atoms with Crippen molar-refractivity contribution in [2.24, 2.45) is 5.92 Å². The second kappa shape index (κ2) is 4.13. The predicted octanol–water partition coefficient (Wildman–Crippen LogP) is 1.17. The Morgan fingerprint density at radius 3 is 2.69 bits per heavy atom. The van der Waals surface area contributed by atoms with Crippen LogP contribution in [0, 0.1) is 18.3 Å². The van der Waals surface area contributed by atoms with Gasteiger partial charge in [-0.05, 0) is 19.3 Å². The molecule has 0 amide bonds. The third-order valence-corrected chi connectivity index (χ3v) is 3.14. The lowest BCUT2D eigenvalue weighted by atomic mass is 9.90. The molecule has 0 aromatic heterocycles. The van der Waals surface area contributed by atoms with Crippen LogP contribution in [0.4, 0.5) is 0 Å².